The van der Waals surface area contributed by atoms with Gasteiger partial charge in [0.25, 0.3) is 0 Å². The fraction of sp³-hybridized carbons (Fsp3) is 0.500. The van der Waals surface area contributed by atoms with E-state index in [1.165, 1.54) is 0 Å². The second kappa shape index (κ2) is 13.3. The van der Waals surface area contributed by atoms with Crippen LogP contribution in [0.4, 0.5) is 0 Å². The van der Waals surface area contributed by atoms with E-state index in [4.69, 9.17) is 4.42 Å². The maximum absolute atomic E-state index is 12.0. The maximum Gasteiger partial charge on any atom is 0.243 e. The van der Waals surface area contributed by atoms with Crippen molar-refractivity contribution >= 4 is 35.8 Å². The van der Waals surface area contributed by atoms with Gasteiger partial charge in [0.1, 0.15) is 12.3 Å². The molecular formula is C22H33IN6O2. The molecule has 0 atom stereocenters. The molecule has 3 rings (SSSR count). The number of likely N-dealkylation sites (N-methyl/N-ethyl adjacent to an activating group) is 1. The number of carbonyl (C=O) groups excluding carboxylic acids is 1. The molecule has 1 aliphatic heterocycles. The van der Waals surface area contributed by atoms with E-state index >= 15 is 0 Å². The summed E-state index contributed by atoms with van der Waals surface area (Å²) in [7, 11) is 3.49. The van der Waals surface area contributed by atoms with Gasteiger partial charge in [-0.15, -0.1) is 24.0 Å². The molecule has 2 N–H and O–H groups in total. The number of amides is 1. The van der Waals surface area contributed by atoms with Crippen molar-refractivity contribution in [3.05, 3.63) is 54.2 Å². The number of pyridine rings is 1. The van der Waals surface area contributed by atoms with E-state index in [0.29, 0.717) is 18.5 Å². The largest absolute Gasteiger partial charge is 0.469 e. The summed E-state index contributed by atoms with van der Waals surface area (Å²) >= 11 is 0. The van der Waals surface area contributed by atoms with Gasteiger partial charge in [-0.05, 0) is 37.1 Å². The number of aromatic nitrogens is 1. The molecule has 1 saturated heterocycles. The molecule has 1 amide bonds. The summed E-state index contributed by atoms with van der Waals surface area (Å²) in [5.41, 5.74) is 1.10. The number of piperidine rings is 1. The normalized spacial score (nSPS) is 15.2. The average Bonchev–Trinajstić information content (AvgIpc) is 3.27. The zero-order valence-electron chi connectivity index (χ0n) is 18.3. The number of furan rings is 1. The number of carbonyl (C=O) groups is 1. The smallest absolute Gasteiger partial charge is 0.243 e. The summed E-state index contributed by atoms with van der Waals surface area (Å²) in [6.07, 6.45) is 6.32. The molecule has 31 heavy (non-hydrogen) atoms. The van der Waals surface area contributed by atoms with Crippen LogP contribution in [-0.2, 0) is 17.8 Å². The summed E-state index contributed by atoms with van der Waals surface area (Å²) in [6.45, 7) is 3.71. The third-order valence-corrected chi connectivity index (χ3v) is 5.16. The molecule has 0 radical (unpaired) electrons. The van der Waals surface area contributed by atoms with Crippen molar-refractivity contribution in [1.82, 2.24) is 25.4 Å². The van der Waals surface area contributed by atoms with Crippen molar-refractivity contribution < 1.29 is 9.21 Å². The van der Waals surface area contributed by atoms with E-state index < -0.39 is 0 Å². The number of rotatable bonds is 8. The Bertz CT molecular complexity index is 790. The van der Waals surface area contributed by atoms with Gasteiger partial charge in [-0.3, -0.25) is 14.7 Å². The quantitative estimate of drug-likeness (QED) is 0.303. The van der Waals surface area contributed by atoms with Crippen LogP contribution in [0.3, 0.4) is 0 Å². The molecule has 2 aromatic heterocycles. The minimum absolute atomic E-state index is 0. The molecule has 1 aliphatic rings. The Labute approximate surface area is 201 Å². The molecule has 0 bridgehead atoms. The molecule has 0 spiro atoms. The van der Waals surface area contributed by atoms with Crippen molar-refractivity contribution in [2.24, 2.45) is 4.99 Å². The topological polar surface area (TPSA) is 86.0 Å². The second-order valence-electron chi connectivity index (χ2n) is 7.72. The first-order chi connectivity index (χ1) is 14.6. The van der Waals surface area contributed by atoms with Crippen LogP contribution in [0.1, 0.15) is 24.3 Å². The van der Waals surface area contributed by atoms with Gasteiger partial charge in [-0.25, -0.2) is 4.99 Å². The molecule has 0 aliphatic carbocycles. The molecular weight excluding hydrogens is 507 g/mol. The predicted molar refractivity (Wildman–Crippen MR) is 132 cm³/mol. The maximum atomic E-state index is 12.0. The Hall–Kier alpha value is -2.14. The second-order valence-corrected chi connectivity index (χ2v) is 7.72. The Kier molecular flexibility index (Phi) is 10.8. The molecule has 0 unspecified atom stereocenters. The minimum Gasteiger partial charge on any atom is -0.469 e. The van der Waals surface area contributed by atoms with E-state index in [1.807, 2.05) is 30.5 Å². The minimum atomic E-state index is -0.0210. The third-order valence-electron chi connectivity index (χ3n) is 5.16. The number of likely N-dealkylation sites (tertiary alicyclic amines) is 1. The van der Waals surface area contributed by atoms with Gasteiger partial charge >= 0.3 is 0 Å². The zero-order valence-corrected chi connectivity index (χ0v) is 20.6. The summed E-state index contributed by atoms with van der Waals surface area (Å²) in [4.78, 5) is 24.8. The van der Waals surface area contributed by atoms with Crippen LogP contribution in [0.5, 0.6) is 0 Å². The van der Waals surface area contributed by atoms with Gasteiger partial charge in [-0.1, -0.05) is 6.07 Å². The number of guanidine groups is 1. The fourth-order valence-electron chi connectivity index (χ4n) is 3.35. The van der Waals surface area contributed by atoms with E-state index in [-0.39, 0.29) is 36.4 Å². The fourth-order valence-corrected chi connectivity index (χ4v) is 3.35. The highest BCUT2D eigenvalue weighted by Gasteiger charge is 2.20. The Balaban J connectivity index is 0.00000341. The number of halogens is 1. The molecule has 0 aromatic carbocycles. The summed E-state index contributed by atoms with van der Waals surface area (Å²) in [6, 6.07) is 10.2. The summed E-state index contributed by atoms with van der Waals surface area (Å²) in [5, 5.41) is 6.85. The number of nitrogens with one attached hydrogen (secondary N) is 2. The van der Waals surface area contributed by atoms with Crippen molar-refractivity contribution in [2.75, 3.05) is 40.3 Å². The predicted octanol–water partition coefficient (Wildman–Crippen LogP) is 2.12. The number of aliphatic imine (C=N–C) groups is 1. The highest BCUT2D eigenvalue weighted by Crippen LogP contribution is 2.13. The third kappa shape index (κ3) is 8.86. The number of hydrogen-bond donors (Lipinski definition) is 2. The molecule has 1 fully saturated rings. The van der Waals surface area contributed by atoms with Crippen LogP contribution in [0.15, 0.2) is 52.2 Å². The van der Waals surface area contributed by atoms with E-state index in [1.54, 1.807) is 25.3 Å². The highest BCUT2D eigenvalue weighted by atomic mass is 127. The van der Waals surface area contributed by atoms with Crippen LogP contribution in [0.25, 0.3) is 0 Å². The summed E-state index contributed by atoms with van der Waals surface area (Å²) < 4.78 is 5.38. The molecule has 3 heterocycles. The average molecular weight is 540 g/mol. The van der Waals surface area contributed by atoms with E-state index in [2.05, 4.69) is 31.6 Å². The van der Waals surface area contributed by atoms with Crippen molar-refractivity contribution in [3.63, 3.8) is 0 Å². The lowest BCUT2D eigenvalue weighted by Gasteiger charge is -2.33. The van der Waals surface area contributed by atoms with Gasteiger partial charge in [0.05, 0.1) is 12.0 Å². The molecule has 2 aromatic rings. The summed E-state index contributed by atoms with van der Waals surface area (Å²) in [5.74, 6) is 1.58. The first-order valence-electron chi connectivity index (χ1n) is 10.5. The first-order valence-corrected chi connectivity index (χ1v) is 10.5. The van der Waals surface area contributed by atoms with Crippen molar-refractivity contribution in [2.45, 2.75) is 31.8 Å². The first kappa shape index (κ1) is 25.1. The number of nitrogens with zero attached hydrogens (tertiary/aromatic N) is 4. The Morgan fingerprint density at radius 3 is 2.71 bits per heavy atom. The standard InChI is InChI=1S/C22H32N6O2.HI/c1-27(2)21(29)16-25-22(24-12-8-20-7-5-15-30-20)26-18-9-13-28(14-10-18)17-19-6-3-4-11-23-19;/h3-7,11,15,18H,8-10,12-14,16-17H2,1-2H3,(H2,24,25,26);1H. The lowest BCUT2D eigenvalue weighted by Crippen LogP contribution is -2.49. The Morgan fingerprint density at radius 1 is 1.26 bits per heavy atom. The zero-order chi connectivity index (χ0) is 21.2. The van der Waals surface area contributed by atoms with E-state index in [0.717, 1.165) is 50.4 Å². The highest BCUT2D eigenvalue weighted by molar-refractivity contribution is 14.0. The Morgan fingerprint density at radius 2 is 2.06 bits per heavy atom. The lowest BCUT2D eigenvalue weighted by molar-refractivity contribution is -0.127. The van der Waals surface area contributed by atoms with Gasteiger partial charge in [0.15, 0.2) is 5.96 Å². The molecule has 0 saturated carbocycles. The SMILES string of the molecule is CN(C)C(=O)CN=C(NCCc1ccco1)NC1CCN(Cc2ccccn2)CC1.I. The number of hydrogen-bond acceptors (Lipinski definition) is 5. The van der Waals surface area contributed by atoms with Gasteiger partial charge < -0.3 is 20.0 Å². The molecule has 8 nitrogen and oxygen atoms in total. The van der Waals surface area contributed by atoms with Crippen LogP contribution in [-0.4, -0.2) is 73.0 Å². The lowest BCUT2D eigenvalue weighted by atomic mass is 10.0. The van der Waals surface area contributed by atoms with Gasteiger partial charge in [-0.2, -0.15) is 0 Å². The monoisotopic (exact) mass is 540 g/mol. The van der Waals surface area contributed by atoms with E-state index in [9.17, 15) is 4.79 Å². The van der Waals surface area contributed by atoms with Gasteiger partial charge in [0, 0.05) is 58.9 Å². The van der Waals surface area contributed by atoms with Gasteiger partial charge in [0.2, 0.25) is 5.91 Å². The van der Waals surface area contributed by atoms with Crippen molar-refractivity contribution in [3.8, 4) is 0 Å². The van der Waals surface area contributed by atoms with Crippen LogP contribution < -0.4 is 10.6 Å². The van der Waals surface area contributed by atoms with Crippen molar-refractivity contribution in [1.29, 1.82) is 0 Å². The molecule has 9 heteroatoms. The van der Waals surface area contributed by atoms with Crippen LogP contribution in [0.2, 0.25) is 0 Å². The van der Waals surface area contributed by atoms with Crippen LogP contribution >= 0.6 is 24.0 Å². The van der Waals surface area contributed by atoms with Crippen LogP contribution in [0, 0.1) is 0 Å². The molecule has 170 valence electrons.